The van der Waals surface area contributed by atoms with Gasteiger partial charge in [0.1, 0.15) is 6.07 Å². The Hall–Kier alpha value is -0.690. The van der Waals surface area contributed by atoms with Gasteiger partial charge in [0, 0.05) is 15.1 Å². The molecule has 0 fully saturated rings. The molecule has 1 aromatic heterocycles. The van der Waals surface area contributed by atoms with E-state index in [-0.39, 0.29) is 0 Å². The number of thiophene rings is 1. The number of hydrogen-bond acceptors (Lipinski definition) is 3. The van der Waals surface area contributed by atoms with Crippen LogP contribution in [0.4, 0.5) is 0 Å². The first-order chi connectivity index (χ1) is 7.26. The zero-order valence-electron chi connectivity index (χ0n) is 8.08. The summed E-state index contributed by atoms with van der Waals surface area (Å²) in [7, 11) is 0. The molecule has 1 nitrogen and oxygen atoms in total. The van der Waals surface area contributed by atoms with Crippen LogP contribution in [0.1, 0.15) is 12.5 Å². The highest BCUT2D eigenvalue weighted by Crippen LogP contribution is 2.38. The van der Waals surface area contributed by atoms with Gasteiger partial charge in [0.2, 0.25) is 0 Å². The highest BCUT2D eigenvalue weighted by molar-refractivity contribution is 8.01. The predicted octanol–water partition coefficient (Wildman–Crippen LogP) is 4.54. The van der Waals surface area contributed by atoms with Crippen LogP contribution in [0.2, 0.25) is 5.02 Å². The Kier molecular flexibility index (Phi) is 3.20. The van der Waals surface area contributed by atoms with E-state index in [1.165, 1.54) is 0 Å². The molecule has 0 N–H and O–H groups in total. The molecular weight excluding hydrogens is 246 g/mol. The molecule has 0 amide bonds. The lowest BCUT2D eigenvalue weighted by molar-refractivity contribution is 1.46. The predicted molar refractivity (Wildman–Crippen MR) is 67.9 cm³/mol. The Balaban J connectivity index is 2.68. The molecule has 0 aliphatic carbocycles. The lowest BCUT2D eigenvalue weighted by atomic mass is 10.2. The van der Waals surface area contributed by atoms with Crippen molar-refractivity contribution in [1.29, 1.82) is 5.26 Å². The van der Waals surface area contributed by atoms with Gasteiger partial charge in [-0.25, -0.2) is 0 Å². The summed E-state index contributed by atoms with van der Waals surface area (Å²) in [5.74, 6) is 0.981. The van der Waals surface area contributed by atoms with Crippen molar-refractivity contribution in [3.8, 4) is 6.07 Å². The number of thioether (sulfide) groups is 1. The SMILES string of the molecule is CCSc1sc2cc(Cl)ccc2c1C#N. The molecule has 0 aliphatic rings. The van der Waals surface area contributed by atoms with Gasteiger partial charge in [-0.3, -0.25) is 0 Å². The van der Waals surface area contributed by atoms with Gasteiger partial charge in [0.15, 0.2) is 0 Å². The maximum atomic E-state index is 9.11. The van der Waals surface area contributed by atoms with E-state index in [0.29, 0.717) is 0 Å². The van der Waals surface area contributed by atoms with Crippen LogP contribution in [0.5, 0.6) is 0 Å². The third-order valence-electron chi connectivity index (χ3n) is 2.01. The average molecular weight is 254 g/mol. The molecule has 0 aliphatic heterocycles. The summed E-state index contributed by atoms with van der Waals surface area (Å²) in [5, 5.41) is 10.9. The Bertz CT molecular complexity index is 539. The summed E-state index contributed by atoms with van der Waals surface area (Å²) >= 11 is 9.27. The van der Waals surface area contributed by atoms with Gasteiger partial charge in [-0.2, -0.15) is 5.26 Å². The number of fused-ring (bicyclic) bond motifs is 1. The fourth-order valence-corrected chi connectivity index (χ4v) is 3.97. The summed E-state index contributed by atoms with van der Waals surface area (Å²) in [6.45, 7) is 2.09. The Morgan fingerprint density at radius 2 is 2.33 bits per heavy atom. The van der Waals surface area contributed by atoms with Crippen LogP contribution < -0.4 is 0 Å². The Morgan fingerprint density at radius 1 is 1.53 bits per heavy atom. The number of rotatable bonds is 2. The largest absolute Gasteiger partial charge is 0.192 e. The van der Waals surface area contributed by atoms with Crippen molar-refractivity contribution in [2.24, 2.45) is 0 Å². The van der Waals surface area contributed by atoms with E-state index in [4.69, 9.17) is 16.9 Å². The third kappa shape index (κ3) is 1.98. The van der Waals surface area contributed by atoms with E-state index >= 15 is 0 Å². The van der Waals surface area contributed by atoms with Crippen LogP contribution in [0.25, 0.3) is 10.1 Å². The summed E-state index contributed by atoms with van der Waals surface area (Å²) in [6.07, 6.45) is 0. The number of halogens is 1. The highest BCUT2D eigenvalue weighted by atomic mass is 35.5. The van der Waals surface area contributed by atoms with Gasteiger partial charge in [-0.05, 0) is 17.9 Å². The van der Waals surface area contributed by atoms with Crippen molar-refractivity contribution in [1.82, 2.24) is 0 Å². The van der Waals surface area contributed by atoms with Crippen molar-refractivity contribution in [3.05, 3.63) is 28.8 Å². The first-order valence-electron chi connectivity index (χ1n) is 4.51. The third-order valence-corrected chi connectivity index (χ3v) is 4.55. The summed E-state index contributed by atoms with van der Waals surface area (Å²) in [5.41, 5.74) is 0.790. The second-order valence-electron chi connectivity index (χ2n) is 2.95. The van der Waals surface area contributed by atoms with E-state index in [2.05, 4.69) is 13.0 Å². The molecule has 2 rings (SSSR count). The van der Waals surface area contributed by atoms with Crippen LogP contribution in [0.15, 0.2) is 22.4 Å². The van der Waals surface area contributed by atoms with E-state index in [9.17, 15) is 0 Å². The van der Waals surface area contributed by atoms with Crippen LogP contribution in [0, 0.1) is 11.3 Å². The number of nitrogens with zero attached hydrogens (tertiary/aromatic N) is 1. The van der Waals surface area contributed by atoms with E-state index in [0.717, 1.165) is 30.6 Å². The van der Waals surface area contributed by atoms with Gasteiger partial charge in [-0.15, -0.1) is 23.1 Å². The molecule has 1 heterocycles. The van der Waals surface area contributed by atoms with Crippen molar-refractivity contribution >= 4 is 44.8 Å². The van der Waals surface area contributed by atoms with E-state index in [1.807, 2.05) is 18.2 Å². The van der Waals surface area contributed by atoms with Gasteiger partial charge >= 0.3 is 0 Å². The minimum atomic E-state index is 0.723. The molecule has 0 atom stereocenters. The second-order valence-corrected chi connectivity index (χ2v) is 5.97. The van der Waals surface area contributed by atoms with Gasteiger partial charge in [0.05, 0.1) is 9.77 Å². The molecule has 0 spiro atoms. The van der Waals surface area contributed by atoms with Gasteiger partial charge in [-0.1, -0.05) is 24.6 Å². The minimum Gasteiger partial charge on any atom is -0.192 e. The normalized spacial score (nSPS) is 10.5. The average Bonchev–Trinajstić information content (AvgIpc) is 2.54. The first kappa shape index (κ1) is 10.8. The molecule has 0 saturated heterocycles. The lowest BCUT2D eigenvalue weighted by Crippen LogP contribution is -1.74. The van der Waals surface area contributed by atoms with E-state index < -0.39 is 0 Å². The number of benzene rings is 1. The second kappa shape index (κ2) is 4.44. The lowest BCUT2D eigenvalue weighted by Gasteiger charge is -1.92. The smallest absolute Gasteiger partial charge is 0.102 e. The molecule has 1 aromatic carbocycles. The Morgan fingerprint density at radius 3 is 3.00 bits per heavy atom. The Labute approximate surface area is 102 Å². The van der Waals surface area contributed by atoms with Gasteiger partial charge < -0.3 is 0 Å². The fraction of sp³-hybridized carbons (Fsp3) is 0.182. The summed E-state index contributed by atoms with van der Waals surface area (Å²) < 4.78 is 2.19. The molecule has 0 unspecified atom stereocenters. The molecule has 76 valence electrons. The molecule has 2 aromatic rings. The minimum absolute atomic E-state index is 0.723. The first-order valence-corrected chi connectivity index (χ1v) is 6.69. The maximum absolute atomic E-state index is 9.11. The summed E-state index contributed by atoms with van der Waals surface area (Å²) in [6, 6.07) is 7.94. The van der Waals surface area contributed by atoms with Crippen molar-refractivity contribution < 1.29 is 0 Å². The topological polar surface area (TPSA) is 23.8 Å². The molecule has 15 heavy (non-hydrogen) atoms. The van der Waals surface area contributed by atoms with Crippen molar-refractivity contribution in [3.63, 3.8) is 0 Å². The molecule has 0 bridgehead atoms. The van der Waals surface area contributed by atoms with Crippen LogP contribution >= 0.6 is 34.7 Å². The van der Waals surface area contributed by atoms with Crippen molar-refractivity contribution in [2.45, 2.75) is 11.1 Å². The standard InChI is InChI=1S/C11H8ClNS2/c1-2-14-11-9(6-13)8-4-3-7(12)5-10(8)15-11/h3-5H,2H2,1H3. The molecular formula is C11H8ClNS2. The van der Waals surface area contributed by atoms with Crippen LogP contribution in [-0.4, -0.2) is 5.75 Å². The van der Waals surface area contributed by atoms with Crippen LogP contribution in [0.3, 0.4) is 0 Å². The number of hydrogen-bond donors (Lipinski definition) is 0. The monoisotopic (exact) mass is 253 g/mol. The van der Waals surface area contributed by atoms with Gasteiger partial charge in [0.25, 0.3) is 0 Å². The van der Waals surface area contributed by atoms with E-state index in [1.54, 1.807) is 23.1 Å². The highest BCUT2D eigenvalue weighted by Gasteiger charge is 2.11. The maximum Gasteiger partial charge on any atom is 0.102 e. The molecule has 0 radical (unpaired) electrons. The quantitative estimate of drug-likeness (QED) is 0.734. The zero-order chi connectivity index (χ0) is 10.8. The fourth-order valence-electron chi connectivity index (χ4n) is 1.39. The summed E-state index contributed by atoms with van der Waals surface area (Å²) in [4.78, 5) is 0. The van der Waals surface area contributed by atoms with Crippen molar-refractivity contribution in [2.75, 3.05) is 5.75 Å². The zero-order valence-corrected chi connectivity index (χ0v) is 10.5. The number of nitriles is 1. The van der Waals surface area contributed by atoms with Crippen LogP contribution in [-0.2, 0) is 0 Å². The molecule has 0 saturated carbocycles. The molecule has 4 heteroatoms.